The molecule has 3 rings (SSSR count). The second-order valence-corrected chi connectivity index (χ2v) is 7.13. The van der Waals surface area contributed by atoms with Crippen LogP contribution in [0.2, 0.25) is 0 Å². The van der Waals surface area contributed by atoms with Crippen molar-refractivity contribution in [3.8, 4) is 0 Å². The summed E-state index contributed by atoms with van der Waals surface area (Å²) >= 11 is 0. The second kappa shape index (κ2) is 7.47. The van der Waals surface area contributed by atoms with E-state index in [0.717, 1.165) is 30.7 Å². The minimum Gasteiger partial charge on any atom is -0.399 e. The highest BCUT2D eigenvalue weighted by molar-refractivity contribution is 5.39. The Labute approximate surface area is 135 Å². The van der Waals surface area contributed by atoms with Crippen LogP contribution in [0.25, 0.3) is 0 Å². The van der Waals surface area contributed by atoms with Crippen molar-refractivity contribution in [1.29, 1.82) is 0 Å². The van der Waals surface area contributed by atoms with Crippen LogP contribution >= 0.6 is 0 Å². The van der Waals surface area contributed by atoms with Crippen molar-refractivity contribution >= 4 is 5.69 Å². The largest absolute Gasteiger partial charge is 0.399 e. The summed E-state index contributed by atoms with van der Waals surface area (Å²) in [4.78, 5) is 5.39. The van der Waals surface area contributed by atoms with E-state index < -0.39 is 0 Å². The monoisotopic (exact) mass is 301 g/mol. The fourth-order valence-corrected chi connectivity index (χ4v) is 4.26. The van der Waals surface area contributed by atoms with Crippen LogP contribution in [0, 0.1) is 0 Å². The maximum atomic E-state index is 5.77. The molecule has 0 aromatic heterocycles. The van der Waals surface area contributed by atoms with Gasteiger partial charge in [-0.2, -0.15) is 0 Å². The van der Waals surface area contributed by atoms with Gasteiger partial charge in [0.25, 0.3) is 0 Å². The maximum absolute atomic E-state index is 5.77. The van der Waals surface area contributed by atoms with Crippen LogP contribution in [-0.2, 0) is 6.42 Å². The SMILES string of the molecule is CN(CCc1ccc(N)cc1)[C@H]1CCCC[C@@H]1N1CCCC1. The second-order valence-electron chi connectivity index (χ2n) is 7.13. The molecule has 3 heteroatoms. The first kappa shape index (κ1) is 15.8. The van der Waals surface area contributed by atoms with Crippen molar-refractivity contribution in [3.05, 3.63) is 29.8 Å². The molecule has 1 saturated heterocycles. The van der Waals surface area contributed by atoms with E-state index in [9.17, 15) is 0 Å². The summed E-state index contributed by atoms with van der Waals surface area (Å²) in [5, 5.41) is 0. The van der Waals surface area contributed by atoms with Crippen LogP contribution < -0.4 is 5.73 Å². The number of likely N-dealkylation sites (tertiary alicyclic amines) is 1. The first-order valence-corrected chi connectivity index (χ1v) is 9.03. The first-order valence-electron chi connectivity index (χ1n) is 9.03. The Balaban J connectivity index is 1.56. The van der Waals surface area contributed by atoms with Crippen LogP contribution in [-0.4, -0.2) is 48.6 Å². The molecule has 0 unspecified atom stereocenters. The zero-order chi connectivity index (χ0) is 15.4. The third kappa shape index (κ3) is 3.82. The highest BCUT2D eigenvalue weighted by Crippen LogP contribution is 2.29. The lowest BCUT2D eigenvalue weighted by atomic mass is 9.88. The third-order valence-corrected chi connectivity index (χ3v) is 5.60. The smallest absolute Gasteiger partial charge is 0.0314 e. The Bertz CT molecular complexity index is 450. The molecule has 1 aliphatic carbocycles. The Morgan fingerprint density at radius 3 is 2.45 bits per heavy atom. The quantitative estimate of drug-likeness (QED) is 0.848. The van der Waals surface area contributed by atoms with E-state index in [1.165, 1.54) is 57.2 Å². The molecule has 2 fully saturated rings. The van der Waals surface area contributed by atoms with E-state index in [0.29, 0.717) is 0 Å². The van der Waals surface area contributed by atoms with Crippen molar-refractivity contribution in [2.24, 2.45) is 0 Å². The molecule has 1 aliphatic heterocycles. The van der Waals surface area contributed by atoms with E-state index in [2.05, 4.69) is 29.0 Å². The van der Waals surface area contributed by atoms with E-state index in [1.807, 2.05) is 12.1 Å². The van der Waals surface area contributed by atoms with Crippen molar-refractivity contribution in [1.82, 2.24) is 9.80 Å². The predicted octanol–water partition coefficient (Wildman–Crippen LogP) is 3.15. The average Bonchev–Trinajstić information content (AvgIpc) is 3.08. The summed E-state index contributed by atoms with van der Waals surface area (Å²) in [5.41, 5.74) is 8.03. The summed E-state index contributed by atoms with van der Waals surface area (Å²) in [5.74, 6) is 0. The molecule has 2 N–H and O–H groups in total. The van der Waals surface area contributed by atoms with Crippen LogP contribution in [0.1, 0.15) is 44.1 Å². The molecule has 1 saturated carbocycles. The maximum Gasteiger partial charge on any atom is 0.0314 e. The number of hydrogen-bond donors (Lipinski definition) is 1. The predicted molar refractivity (Wildman–Crippen MR) is 94.0 cm³/mol. The van der Waals surface area contributed by atoms with Crippen LogP contribution in [0.4, 0.5) is 5.69 Å². The lowest BCUT2D eigenvalue weighted by molar-refractivity contribution is 0.0771. The molecule has 1 aromatic rings. The van der Waals surface area contributed by atoms with Gasteiger partial charge in [-0.25, -0.2) is 0 Å². The van der Waals surface area contributed by atoms with Gasteiger partial charge in [-0.05, 0) is 69.9 Å². The van der Waals surface area contributed by atoms with Gasteiger partial charge >= 0.3 is 0 Å². The van der Waals surface area contributed by atoms with E-state index >= 15 is 0 Å². The number of likely N-dealkylation sites (N-methyl/N-ethyl adjacent to an activating group) is 1. The number of nitrogens with zero attached hydrogens (tertiary/aromatic N) is 2. The minimum atomic E-state index is 0.751. The number of nitrogens with two attached hydrogens (primary N) is 1. The molecule has 0 bridgehead atoms. The Kier molecular flexibility index (Phi) is 5.37. The Morgan fingerprint density at radius 2 is 1.73 bits per heavy atom. The molecule has 0 radical (unpaired) electrons. The zero-order valence-corrected chi connectivity index (χ0v) is 14.0. The van der Waals surface area contributed by atoms with E-state index in [1.54, 1.807) is 0 Å². The molecule has 0 amide bonds. The molecule has 122 valence electrons. The van der Waals surface area contributed by atoms with Crippen molar-refractivity contribution < 1.29 is 0 Å². The van der Waals surface area contributed by atoms with Gasteiger partial charge in [0.2, 0.25) is 0 Å². The van der Waals surface area contributed by atoms with Gasteiger partial charge in [0, 0.05) is 24.3 Å². The van der Waals surface area contributed by atoms with Gasteiger partial charge in [0.1, 0.15) is 0 Å². The molecular formula is C19H31N3. The van der Waals surface area contributed by atoms with Gasteiger partial charge in [-0.3, -0.25) is 4.90 Å². The molecule has 3 nitrogen and oxygen atoms in total. The summed E-state index contributed by atoms with van der Waals surface area (Å²) in [6, 6.07) is 9.92. The molecule has 2 aliphatic rings. The number of anilines is 1. The Morgan fingerprint density at radius 1 is 1.05 bits per heavy atom. The summed E-state index contributed by atoms with van der Waals surface area (Å²) in [6.07, 6.45) is 9.53. The van der Waals surface area contributed by atoms with Crippen molar-refractivity contribution in [2.75, 3.05) is 32.4 Å². The molecular weight excluding hydrogens is 270 g/mol. The van der Waals surface area contributed by atoms with Crippen LogP contribution in [0.15, 0.2) is 24.3 Å². The number of hydrogen-bond acceptors (Lipinski definition) is 3. The summed E-state index contributed by atoms with van der Waals surface area (Å²) in [6.45, 7) is 3.80. The summed E-state index contributed by atoms with van der Waals surface area (Å²) in [7, 11) is 2.33. The molecule has 1 aromatic carbocycles. The average molecular weight is 301 g/mol. The van der Waals surface area contributed by atoms with E-state index in [-0.39, 0.29) is 0 Å². The van der Waals surface area contributed by atoms with Gasteiger partial charge < -0.3 is 10.6 Å². The highest BCUT2D eigenvalue weighted by Gasteiger charge is 2.33. The fraction of sp³-hybridized carbons (Fsp3) is 0.684. The minimum absolute atomic E-state index is 0.751. The van der Waals surface area contributed by atoms with Gasteiger partial charge in [-0.1, -0.05) is 25.0 Å². The normalized spacial score (nSPS) is 26.6. The molecule has 22 heavy (non-hydrogen) atoms. The third-order valence-electron chi connectivity index (χ3n) is 5.60. The van der Waals surface area contributed by atoms with Gasteiger partial charge in [0.15, 0.2) is 0 Å². The number of rotatable bonds is 5. The highest BCUT2D eigenvalue weighted by atomic mass is 15.2. The van der Waals surface area contributed by atoms with Crippen LogP contribution in [0.3, 0.4) is 0 Å². The zero-order valence-electron chi connectivity index (χ0n) is 14.0. The topological polar surface area (TPSA) is 32.5 Å². The number of nitrogen functional groups attached to an aromatic ring is 1. The molecule has 1 heterocycles. The standard InChI is InChI=1S/C19H31N3/c1-21(15-12-16-8-10-17(20)11-9-16)18-6-2-3-7-19(18)22-13-4-5-14-22/h8-11,18-19H,2-7,12-15,20H2,1H3/t18-,19-/m0/s1. The molecule has 0 spiro atoms. The van der Waals surface area contributed by atoms with Crippen LogP contribution in [0.5, 0.6) is 0 Å². The van der Waals surface area contributed by atoms with E-state index in [4.69, 9.17) is 5.73 Å². The Hall–Kier alpha value is -1.06. The van der Waals surface area contributed by atoms with Crippen molar-refractivity contribution in [3.63, 3.8) is 0 Å². The fourth-order valence-electron chi connectivity index (χ4n) is 4.26. The lowest BCUT2D eigenvalue weighted by Gasteiger charge is -2.42. The van der Waals surface area contributed by atoms with Gasteiger partial charge in [-0.15, -0.1) is 0 Å². The van der Waals surface area contributed by atoms with Gasteiger partial charge in [0.05, 0.1) is 0 Å². The molecule has 2 atom stereocenters. The number of benzene rings is 1. The van der Waals surface area contributed by atoms with Crippen molar-refractivity contribution in [2.45, 2.75) is 57.0 Å². The summed E-state index contributed by atoms with van der Waals surface area (Å²) < 4.78 is 0. The lowest BCUT2D eigenvalue weighted by Crippen LogP contribution is -2.51. The first-order chi connectivity index (χ1) is 10.7.